The van der Waals surface area contributed by atoms with E-state index in [-0.39, 0.29) is 0 Å². The van der Waals surface area contributed by atoms with Crippen molar-refractivity contribution in [3.05, 3.63) is 0 Å². The summed E-state index contributed by atoms with van der Waals surface area (Å²) in [5.41, 5.74) is 0. The van der Waals surface area contributed by atoms with Crippen LogP contribution in [0.1, 0.15) is 33.6 Å². The first-order valence-electron chi connectivity index (χ1n) is 4.09. The van der Waals surface area contributed by atoms with E-state index in [1.165, 1.54) is 0 Å². The SMILES string of the molecule is CC.CCC1=NCCCO1. The summed E-state index contributed by atoms with van der Waals surface area (Å²) in [6, 6.07) is 0. The Kier molecular flexibility index (Phi) is 6.24. The Morgan fingerprint density at radius 3 is 2.50 bits per heavy atom. The highest BCUT2D eigenvalue weighted by Gasteiger charge is 2.00. The smallest absolute Gasteiger partial charge is 0.182 e. The first-order chi connectivity index (χ1) is 4.93. The summed E-state index contributed by atoms with van der Waals surface area (Å²) < 4.78 is 5.18. The molecule has 0 amide bonds. The maximum atomic E-state index is 5.18. The van der Waals surface area contributed by atoms with Gasteiger partial charge in [0.05, 0.1) is 6.61 Å². The summed E-state index contributed by atoms with van der Waals surface area (Å²) in [7, 11) is 0. The van der Waals surface area contributed by atoms with Crippen LogP contribution in [-0.2, 0) is 4.74 Å². The molecule has 0 aromatic carbocycles. The topological polar surface area (TPSA) is 21.6 Å². The molecule has 0 saturated heterocycles. The van der Waals surface area contributed by atoms with Crippen molar-refractivity contribution in [1.29, 1.82) is 0 Å². The number of aliphatic imine (C=N–C) groups is 1. The monoisotopic (exact) mass is 143 g/mol. The Labute approximate surface area is 63.3 Å². The van der Waals surface area contributed by atoms with Crippen molar-refractivity contribution in [2.45, 2.75) is 33.6 Å². The van der Waals surface area contributed by atoms with Gasteiger partial charge in [-0.1, -0.05) is 20.8 Å². The lowest BCUT2D eigenvalue weighted by Gasteiger charge is -2.10. The average molecular weight is 143 g/mol. The molecule has 2 nitrogen and oxygen atoms in total. The summed E-state index contributed by atoms with van der Waals surface area (Å²) in [4.78, 5) is 4.14. The van der Waals surface area contributed by atoms with Gasteiger partial charge in [0.25, 0.3) is 0 Å². The van der Waals surface area contributed by atoms with E-state index in [1.54, 1.807) is 0 Å². The molecule has 1 rings (SSSR count). The van der Waals surface area contributed by atoms with Crippen LogP contribution in [0.3, 0.4) is 0 Å². The fraction of sp³-hybridized carbons (Fsp3) is 0.875. The second-order valence-corrected chi connectivity index (χ2v) is 1.83. The highest BCUT2D eigenvalue weighted by atomic mass is 16.5. The largest absolute Gasteiger partial charge is 0.481 e. The van der Waals surface area contributed by atoms with Gasteiger partial charge in [0, 0.05) is 19.4 Å². The molecule has 0 radical (unpaired) electrons. The highest BCUT2D eigenvalue weighted by Crippen LogP contribution is 1.98. The van der Waals surface area contributed by atoms with E-state index in [0.29, 0.717) is 0 Å². The predicted molar refractivity (Wildman–Crippen MR) is 44.5 cm³/mol. The fourth-order valence-corrected chi connectivity index (χ4v) is 0.718. The number of nitrogens with zero attached hydrogens (tertiary/aromatic N) is 1. The second kappa shape index (κ2) is 6.59. The van der Waals surface area contributed by atoms with Crippen LogP contribution in [0.25, 0.3) is 0 Å². The molecule has 0 aliphatic carbocycles. The first-order valence-corrected chi connectivity index (χ1v) is 4.09. The van der Waals surface area contributed by atoms with Crippen LogP contribution in [0.5, 0.6) is 0 Å². The van der Waals surface area contributed by atoms with Crippen molar-refractivity contribution in [3.63, 3.8) is 0 Å². The van der Waals surface area contributed by atoms with Crippen molar-refractivity contribution in [2.24, 2.45) is 4.99 Å². The minimum absolute atomic E-state index is 0.868. The molecule has 0 bridgehead atoms. The minimum atomic E-state index is 0.868. The summed E-state index contributed by atoms with van der Waals surface area (Å²) in [6.45, 7) is 7.89. The van der Waals surface area contributed by atoms with E-state index in [0.717, 1.165) is 31.9 Å². The van der Waals surface area contributed by atoms with E-state index >= 15 is 0 Å². The average Bonchev–Trinajstić information content (AvgIpc) is 2.10. The molecule has 10 heavy (non-hydrogen) atoms. The quantitative estimate of drug-likeness (QED) is 0.551. The number of rotatable bonds is 1. The molecule has 1 aliphatic heterocycles. The third-order valence-electron chi connectivity index (χ3n) is 1.16. The predicted octanol–water partition coefficient (Wildman–Crippen LogP) is 2.24. The molecule has 0 N–H and O–H groups in total. The van der Waals surface area contributed by atoms with Gasteiger partial charge in [0.2, 0.25) is 0 Å². The molecule has 0 fully saturated rings. The van der Waals surface area contributed by atoms with Gasteiger partial charge < -0.3 is 4.74 Å². The molecular weight excluding hydrogens is 126 g/mol. The van der Waals surface area contributed by atoms with Gasteiger partial charge in [-0.05, 0) is 0 Å². The Morgan fingerprint density at radius 1 is 1.50 bits per heavy atom. The summed E-state index contributed by atoms with van der Waals surface area (Å²) in [5, 5.41) is 0. The van der Waals surface area contributed by atoms with Crippen molar-refractivity contribution >= 4 is 5.90 Å². The summed E-state index contributed by atoms with van der Waals surface area (Å²) in [6.07, 6.45) is 2.03. The lowest BCUT2D eigenvalue weighted by atomic mass is 10.4. The van der Waals surface area contributed by atoms with Gasteiger partial charge in [0.15, 0.2) is 5.90 Å². The zero-order valence-electron chi connectivity index (χ0n) is 7.18. The number of hydrogen-bond donors (Lipinski definition) is 0. The molecule has 0 saturated carbocycles. The van der Waals surface area contributed by atoms with Gasteiger partial charge in [-0.25, -0.2) is 0 Å². The molecule has 60 valence electrons. The van der Waals surface area contributed by atoms with Crippen LogP contribution >= 0.6 is 0 Å². The molecular formula is C8H17NO. The van der Waals surface area contributed by atoms with Crippen LogP contribution < -0.4 is 0 Å². The Morgan fingerprint density at radius 2 is 2.20 bits per heavy atom. The Hall–Kier alpha value is -0.530. The zero-order chi connectivity index (χ0) is 7.82. The molecule has 1 heterocycles. The maximum absolute atomic E-state index is 5.18. The lowest BCUT2D eigenvalue weighted by Crippen LogP contribution is -2.11. The summed E-state index contributed by atoms with van der Waals surface area (Å²) >= 11 is 0. The first kappa shape index (κ1) is 9.47. The lowest BCUT2D eigenvalue weighted by molar-refractivity contribution is 0.275. The molecule has 0 unspecified atom stereocenters. The maximum Gasteiger partial charge on any atom is 0.182 e. The van der Waals surface area contributed by atoms with E-state index in [1.807, 2.05) is 13.8 Å². The van der Waals surface area contributed by atoms with Gasteiger partial charge in [-0.15, -0.1) is 0 Å². The van der Waals surface area contributed by atoms with Crippen molar-refractivity contribution in [2.75, 3.05) is 13.2 Å². The van der Waals surface area contributed by atoms with Crippen molar-refractivity contribution in [3.8, 4) is 0 Å². The van der Waals surface area contributed by atoms with Crippen molar-refractivity contribution < 1.29 is 4.74 Å². The molecule has 0 spiro atoms. The molecule has 0 atom stereocenters. The number of ether oxygens (including phenoxy) is 1. The van der Waals surface area contributed by atoms with Gasteiger partial charge >= 0.3 is 0 Å². The van der Waals surface area contributed by atoms with Crippen molar-refractivity contribution in [1.82, 2.24) is 0 Å². The molecule has 2 heteroatoms. The van der Waals surface area contributed by atoms with E-state index in [9.17, 15) is 0 Å². The van der Waals surface area contributed by atoms with Crippen LogP contribution in [0, 0.1) is 0 Å². The second-order valence-electron chi connectivity index (χ2n) is 1.83. The van der Waals surface area contributed by atoms with E-state index in [2.05, 4.69) is 11.9 Å². The summed E-state index contributed by atoms with van der Waals surface area (Å²) in [5.74, 6) is 0.927. The Balaban J connectivity index is 0.000000371. The van der Waals surface area contributed by atoms with Gasteiger partial charge in [-0.3, -0.25) is 4.99 Å². The van der Waals surface area contributed by atoms with Gasteiger partial charge in [0.1, 0.15) is 0 Å². The van der Waals surface area contributed by atoms with E-state index in [4.69, 9.17) is 4.74 Å². The third-order valence-corrected chi connectivity index (χ3v) is 1.16. The van der Waals surface area contributed by atoms with E-state index < -0.39 is 0 Å². The molecule has 0 aromatic heterocycles. The standard InChI is InChI=1S/C6H11NO.C2H6/c1-2-6-7-4-3-5-8-6;1-2/h2-5H2,1H3;1-2H3. The van der Waals surface area contributed by atoms with Gasteiger partial charge in [-0.2, -0.15) is 0 Å². The minimum Gasteiger partial charge on any atom is -0.481 e. The fourth-order valence-electron chi connectivity index (χ4n) is 0.718. The van der Waals surface area contributed by atoms with Crippen LogP contribution in [0.15, 0.2) is 4.99 Å². The Bertz CT molecular complexity index is 99.4. The normalized spacial score (nSPS) is 16.1. The zero-order valence-corrected chi connectivity index (χ0v) is 7.18. The molecule has 0 aromatic rings. The van der Waals surface area contributed by atoms with Crippen LogP contribution in [0.4, 0.5) is 0 Å². The van der Waals surface area contributed by atoms with Crippen LogP contribution in [0.2, 0.25) is 0 Å². The number of hydrogen-bond acceptors (Lipinski definition) is 2. The highest BCUT2D eigenvalue weighted by molar-refractivity contribution is 5.76. The third kappa shape index (κ3) is 3.49. The molecule has 1 aliphatic rings. The van der Waals surface area contributed by atoms with Crippen LogP contribution in [-0.4, -0.2) is 19.0 Å².